The third-order valence-electron chi connectivity index (χ3n) is 4.62. The first-order valence-electron chi connectivity index (χ1n) is 9.44. The molecule has 1 aliphatic rings. The molecule has 1 amide bonds. The number of nitrogens with one attached hydrogen (secondary N) is 3. The first-order valence-corrected chi connectivity index (χ1v) is 11.0. The Morgan fingerprint density at radius 3 is 2.67 bits per heavy atom. The number of amides is 1. The number of thiocarbonyl (C=S) groups is 1. The predicted octanol–water partition coefficient (Wildman–Crippen LogP) is 4.45. The van der Waals surface area contributed by atoms with Crippen LogP contribution in [0.25, 0.3) is 6.08 Å². The van der Waals surface area contributed by atoms with Gasteiger partial charge in [0, 0.05) is 12.3 Å². The number of nitrogens with zero attached hydrogens (tertiary/aromatic N) is 1. The number of benzene rings is 1. The van der Waals surface area contributed by atoms with Crippen LogP contribution in [-0.4, -0.2) is 26.0 Å². The lowest BCUT2D eigenvalue weighted by Gasteiger charge is -2.30. The second kappa shape index (κ2) is 10.4. The zero-order valence-corrected chi connectivity index (χ0v) is 19.0. The molecule has 0 saturated heterocycles. The summed E-state index contributed by atoms with van der Waals surface area (Å²) in [6.45, 7) is 0. The first-order chi connectivity index (χ1) is 14.3. The van der Waals surface area contributed by atoms with Crippen molar-refractivity contribution in [1.29, 1.82) is 0 Å². The molecule has 3 rings (SSSR count). The van der Waals surface area contributed by atoms with Crippen molar-refractivity contribution in [2.75, 3.05) is 0 Å². The smallest absolute Gasteiger partial charge is 0.245 e. The first kappa shape index (κ1) is 22.8. The number of pyridine rings is 1. The van der Waals surface area contributed by atoms with E-state index in [0.717, 1.165) is 30.5 Å². The van der Waals surface area contributed by atoms with Crippen LogP contribution in [0.5, 0.6) is 0 Å². The Morgan fingerprint density at radius 1 is 1.17 bits per heavy atom. The van der Waals surface area contributed by atoms with Gasteiger partial charge in [0.25, 0.3) is 0 Å². The van der Waals surface area contributed by atoms with Gasteiger partial charge < -0.3 is 16.0 Å². The number of alkyl halides is 3. The van der Waals surface area contributed by atoms with Gasteiger partial charge in [-0.3, -0.25) is 9.78 Å². The lowest BCUT2D eigenvalue weighted by Crippen LogP contribution is -2.57. The predicted molar refractivity (Wildman–Crippen MR) is 126 cm³/mol. The summed E-state index contributed by atoms with van der Waals surface area (Å²) in [7, 11) is 0. The number of halogens is 3. The summed E-state index contributed by atoms with van der Waals surface area (Å²) < 4.78 is -1.81. The van der Waals surface area contributed by atoms with Gasteiger partial charge in [-0.25, -0.2) is 0 Å². The molecule has 2 aromatic rings. The number of carbonyl (C=O) groups excluding carboxylic acids is 1. The highest BCUT2D eigenvalue weighted by Crippen LogP contribution is 2.30. The van der Waals surface area contributed by atoms with Crippen LogP contribution in [0.3, 0.4) is 0 Å². The van der Waals surface area contributed by atoms with Gasteiger partial charge in [-0.2, -0.15) is 0 Å². The van der Waals surface area contributed by atoms with E-state index in [1.807, 2.05) is 36.4 Å². The summed E-state index contributed by atoms with van der Waals surface area (Å²) in [5.41, 5.74) is 3.04. The van der Waals surface area contributed by atoms with Crippen LogP contribution < -0.4 is 16.0 Å². The van der Waals surface area contributed by atoms with E-state index in [9.17, 15) is 4.79 Å². The summed E-state index contributed by atoms with van der Waals surface area (Å²) in [5.74, 6) is -0.421. The third-order valence-corrected chi connectivity index (χ3v) is 5.51. The second-order valence-corrected chi connectivity index (χ2v) is 9.61. The molecular formula is C21H21Cl3N4OS. The van der Waals surface area contributed by atoms with Crippen LogP contribution in [0.1, 0.15) is 35.7 Å². The molecule has 9 heteroatoms. The Balaban J connectivity index is 1.62. The van der Waals surface area contributed by atoms with Crippen molar-refractivity contribution in [3.8, 4) is 0 Å². The summed E-state index contributed by atoms with van der Waals surface area (Å²) in [5, 5.41) is 9.02. The highest BCUT2D eigenvalue weighted by molar-refractivity contribution is 7.80. The van der Waals surface area contributed by atoms with E-state index >= 15 is 0 Å². The minimum absolute atomic E-state index is 0.0420. The molecule has 0 saturated carbocycles. The summed E-state index contributed by atoms with van der Waals surface area (Å²) in [4.78, 5) is 16.8. The van der Waals surface area contributed by atoms with Gasteiger partial charge in [-0.1, -0.05) is 71.2 Å². The molecule has 1 heterocycles. The standard InChI is InChI=1S/C21H21Cl3N4OS/c22-21(23,24)19(27-17(29)12-11-14-6-2-1-3-7-14)28-20(30)26-16-10-4-8-15-9-5-13-25-18(15)16/h1-3,5-7,9,11-13,16,19H,4,8,10H2,(H,27,29)(H2,26,28,30)/b12-11+. The van der Waals surface area contributed by atoms with Crippen LogP contribution >= 0.6 is 47.0 Å². The summed E-state index contributed by atoms with van der Waals surface area (Å²) >= 11 is 23.6. The third kappa shape index (κ3) is 6.57. The van der Waals surface area contributed by atoms with Gasteiger partial charge in [0.05, 0.1) is 11.7 Å². The lowest BCUT2D eigenvalue weighted by atomic mass is 9.92. The molecule has 30 heavy (non-hydrogen) atoms. The van der Waals surface area contributed by atoms with Crippen molar-refractivity contribution < 1.29 is 4.79 Å². The van der Waals surface area contributed by atoms with Crippen molar-refractivity contribution in [1.82, 2.24) is 20.9 Å². The Morgan fingerprint density at radius 2 is 1.93 bits per heavy atom. The molecule has 0 bridgehead atoms. The highest BCUT2D eigenvalue weighted by atomic mass is 35.6. The Hall–Kier alpha value is -1.86. The van der Waals surface area contributed by atoms with Crippen molar-refractivity contribution >= 4 is 64.1 Å². The van der Waals surface area contributed by atoms with Crippen molar-refractivity contribution in [3.05, 3.63) is 71.6 Å². The van der Waals surface area contributed by atoms with Gasteiger partial charge in [0.1, 0.15) is 6.17 Å². The van der Waals surface area contributed by atoms with Gasteiger partial charge in [-0.15, -0.1) is 0 Å². The van der Waals surface area contributed by atoms with E-state index < -0.39 is 15.9 Å². The Kier molecular flexibility index (Phi) is 7.94. The zero-order valence-electron chi connectivity index (χ0n) is 15.9. The lowest BCUT2D eigenvalue weighted by molar-refractivity contribution is -0.117. The molecule has 158 valence electrons. The van der Waals surface area contributed by atoms with Crippen molar-refractivity contribution in [3.63, 3.8) is 0 Å². The fourth-order valence-electron chi connectivity index (χ4n) is 3.21. The van der Waals surface area contributed by atoms with E-state index in [1.54, 1.807) is 12.3 Å². The summed E-state index contributed by atoms with van der Waals surface area (Å²) in [6.07, 6.45) is 6.68. The van der Waals surface area contributed by atoms with Crippen molar-refractivity contribution in [2.24, 2.45) is 0 Å². The minimum atomic E-state index is -1.81. The van der Waals surface area contributed by atoms with E-state index in [4.69, 9.17) is 47.0 Å². The molecule has 0 radical (unpaired) electrons. The number of aryl methyl sites for hydroxylation is 1. The second-order valence-electron chi connectivity index (χ2n) is 6.84. The number of rotatable bonds is 5. The molecule has 0 aliphatic heterocycles. The highest BCUT2D eigenvalue weighted by Gasteiger charge is 2.34. The van der Waals surface area contributed by atoms with E-state index in [-0.39, 0.29) is 11.2 Å². The zero-order chi connectivity index (χ0) is 21.6. The van der Waals surface area contributed by atoms with Crippen LogP contribution in [0.2, 0.25) is 0 Å². The molecule has 0 fully saturated rings. The average Bonchev–Trinajstić information content (AvgIpc) is 2.72. The van der Waals surface area contributed by atoms with Crippen molar-refractivity contribution in [2.45, 2.75) is 35.3 Å². The number of hydrogen-bond acceptors (Lipinski definition) is 3. The maximum absolute atomic E-state index is 12.3. The van der Waals surface area contributed by atoms with E-state index in [1.165, 1.54) is 11.6 Å². The average molecular weight is 484 g/mol. The Labute approximate surface area is 196 Å². The van der Waals surface area contributed by atoms with Gasteiger partial charge >= 0.3 is 0 Å². The molecule has 1 aromatic heterocycles. The van der Waals surface area contributed by atoms with Gasteiger partial charge in [0.15, 0.2) is 5.11 Å². The molecular weight excluding hydrogens is 463 g/mol. The molecule has 0 spiro atoms. The maximum atomic E-state index is 12.3. The van der Waals surface area contributed by atoms with E-state index in [2.05, 4.69) is 27.0 Å². The molecule has 1 aromatic carbocycles. The maximum Gasteiger partial charge on any atom is 0.245 e. The fraction of sp³-hybridized carbons (Fsp3) is 0.286. The molecule has 1 aliphatic carbocycles. The Bertz CT molecular complexity index is 918. The normalized spacial score (nSPS) is 17.1. The molecule has 3 N–H and O–H groups in total. The van der Waals surface area contributed by atoms with Gasteiger partial charge in [0.2, 0.25) is 9.70 Å². The monoisotopic (exact) mass is 482 g/mol. The van der Waals surface area contributed by atoms with E-state index in [0.29, 0.717) is 0 Å². The summed E-state index contributed by atoms with van der Waals surface area (Å²) in [6, 6.07) is 13.4. The SMILES string of the molecule is O=C(/C=C/c1ccccc1)NC(NC(=S)NC1CCCc2cccnc21)C(Cl)(Cl)Cl. The van der Waals surface area contributed by atoms with Crippen LogP contribution in [0, 0.1) is 0 Å². The van der Waals surface area contributed by atoms with Gasteiger partial charge in [-0.05, 0) is 54.7 Å². The number of carbonyl (C=O) groups is 1. The topological polar surface area (TPSA) is 66.1 Å². The molecule has 2 unspecified atom stereocenters. The molecule has 5 nitrogen and oxygen atoms in total. The van der Waals surface area contributed by atoms with Crippen LogP contribution in [0.4, 0.5) is 0 Å². The number of hydrogen-bond donors (Lipinski definition) is 3. The van der Waals surface area contributed by atoms with Crippen LogP contribution in [-0.2, 0) is 11.2 Å². The van der Waals surface area contributed by atoms with Crippen LogP contribution in [0.15, 0.2) is 54.7 Å². The minimum Gasteiger partial charge on any atom is -0.354 e. The molecule has 2 atom stereocenters. The largest absolute Gasteiger partial charge is 0.354 e. The number of fused-ring (bicyclic) bond motifs is 1. The number of aromatic nitrogens is 1. The quantitative estimate of drug-likeness (QED) is 0.254. The fourth-order valence-corrected chi connectivity index (χ4v) is 3.79.